The first-order chi connectivity index (χ1) is 18.3. The molecule has 0 fully saturated rings. The predicted octanol–water partition coefficient (Wildman–Crippen LogP) is 10.1. The van der Waals surface area contributed by atoms with Crippen LogP contribution in [0.15, 0.2) is 136 Å². The van der Waals surface area contributed by atoms with Gasteiger partial charge in [0.2, 0.25) is 0 Å². The highest BCUT2D eigenvalue weighted by Crippen LogP contribution is 2.41. The van der Waals surface area contributed by atoms with Crippen LogP contribution in [0.25, 0.3) is 54.6 Å². The lowest BCUT2D eigenvalue weighted by Gasteiger charge is -2.25. The Labute approximate surface area is 212 Å². The van der Waals surface area contributed by atoms with E-state index in [0.29, 0.717) is 0 Å². The molecule has 0 saturated heterocycles. The Hall–Kier alpha value is -5.02. The van der Waals surface area contributed by atoms with E-state index < -0.39 is 0 Å². The zero-order valence-corrected chi connectivity index (χ0v) is 19.9. The van der Waals surface area contributed by atoms with Gasteiger partial charge in [0.25, 0.3) is 0 Å². The predicted molar refractivity (Wildman–Crippen MR) is 153 cm³/mol. The van der Waals surface area contributed by atoms with E-state index in [0.717, 1.165) is 60.9 Å². The van der Waals surface area contributed by atoms with Crippen LogP contribution >= 0.6 is 0 Å². The number of para-hydroxylation sites is 2. The third-order valence-electron chi connectivity index (χ3n) is 7.21. The minimum atomic E-state index is 0.887. The van der Waals surface area contributed by atoms with Crippen LogP contribution in [0.5, 0.6) is 0 Å². The molecule has 0 amide bonds. The van der Waals surface area contributed by atoms with E-state index in [1.807, 2.05) is 18.2 Å². The van der Waals surface area contributed by atoms with Gasteiger partial charge in [0.15, 0.2) is 0 Å². The molecule has 37 heavy (non-hydrogen) atoms. The van der Waals surface area contributed by atoms with Gasteiger partial charge in [-0.1, -0.05) is 60.7 Å². The number of fused-ring (bicyclic) bond motifs is 7. The monoisotopic (exact) mass is 475 g/mol. The molecule has 0 unspecified atom stereocenters. The van der Waals surface area contributed by atoms with Crippen molar-refractivity contribution in [2.45, 2.75) is 0 Å². The minimum absolute atomic E-state index is 0.887. The molecule has 0 spiro atoms. The molecule has 8 aromatic rings. The van der Waals surface area contributed by atoms with Crippen LogP contribution in [-0.2, 0) is 0 Å². The third kappa shape index (κ3) is 3.14. The van der Waals surface area contributed by atoms with E-state index in [1.165, 1.54) is 10.8 Å². The summed E-state index contributed by atoms with van der Waals surface area (Å²) in [6.45, 7) is 0. The average Bonchev–Trinajstić information content (AvgIpc) is 3.50. The molecule has 0 N–H and O–H groups in total. The van der Waals surface area contributed by atoms with Gasteiger partial charge in [-0.15, -0.1) is 0 Å². The van der Waals surface area contributed by atoms with Gasteiger partial charge in [-0.3, -0.25) is 0 Å². The Morgan fingerprint density at radius 3 is 1.65 bits per heavy atom. The fourth-order valence-corrected chi connectivity index (χ4v) is 5.47. The summed E-state index contributed by atoms with van der Waals surface area (Å²) in [7, 11) is 0. The summed E-state index contributed by atoms with van der Waals surface area (Å²) in [5.74, 6) is 0. The lowest BCUT2D eigenvalue weighted by molar-refractivity contribution is 0.669. The van der Waals surface area contributed by atoms with Crippen LogP contribution in [0.4, 0.5) is 17.1 Å². The van der Waals surface area contributed by atoms with Crippen molar-refractivity contribution in [1.29, 1.82) is 0 Å². The van der Waals surface area contributed by atoms with Crippen LogP contribution < -0.4 is 4.90 Å². The smallest absolute Gasteiger partial charge is 0.136 e. The maximum atomic E-state index is 6.27. The first-order valence-electron chi connectivity index (χ1n) is 12.4. The second kappa shape index (κ2) is 7.74. The van der Waals surface area contributed by atoms with Crippen molar-refractivity contribution in [2.24, 2.45) is 0 Å². The van der Waals surface area contributed by atoms with Gasteiger partial charge in [-0.2, -0.15) is 0 Å². The molecule has 0 aliphatic heterocycles. The summed E-state index contributed by atoms with van der Waals surface area (Å²) in [4.78, 5) is 2.29. The van der Waals surface area contributed by atoms with Crippen LogP contribution in [0.2, 0.25) is 0 Å². The summed E-state index contributed by atoms with van der Waals surface area (Å²) >= 11 is 0. The van der Waals surface area contributed by atoms with Gasteiger partial charge in [0.1, 0.15) is 22.3 Å². The Morgan fingerprint density at radius 2 is 0.892 bits per heavy atom. The number of furan rings is 2. The van der Waals surface area contributed by atoms with Crippen LogP contribution in [0.1, 0.15) is 0 Å². The normalized spacial score (nSPS) is 11.8. The number of anilines is 3. The van der Waals surface area contributed by atoms with Gasteiger partial charge in [0.05, 0.1) is 0 Å². The van der Waals surface area contributed by atoms with Crippen LogP contribution in [0, 0.1) is 0 Å². The summed E-state index contributed by atoms with van der Waals surface area (Å²) < 4.78 is 12.4. The topological polar surface area (TPSA) is 29.5 Å². The highest BCUT2D eigenvalue weighted by Gasteiger charge is 2.17. The molecule has 6 aromatic carbocycles. The highest BCUT2D eigenvalue weighted by atomic mass is 16.3. The van der Waals surface area contributed by atoms with Crippen molar-refractivity contribution >= 4 is 71.7 Å². The van der Waals surface area contributed by atoms with E-state index in [4.69, 9.17) is 8.83 Å². The number of nitrogens with zero attached hydrogens (tertiary/aromatic N) is 1. The molecule has 2 heterocycles. The zero-order chi connectivity index (χ0) is 24.3. The van der Waals surface area contributed by atoms with Crippen LogP contribution in [0.3, 0.4) is 0 Å². The number of hydrogen-bond donors (Lipinski definition) is 0. The summed E-state index contributed by atoms with van der Waals surface area (Å²) in [6.07, 6.45) is 0. The summed E-state index contributed by atoms with van der Waals surface area (Å²) in [5, 5.41) is 6.85. The number of rotatable bonds is 3. The molecule has 8 rings (SSSR count). The summed E-state index contributed by atoms with van der Waals surface area (Å²) in [5.41, 5.74) is 6.82. The molecule has 3 heteroatoms. The maximum Gasteiger partial charge on any atom is 0.136 e. The quantitative estimate of drug-likeness (QED) is 0.255. The average molecular weight is 476 g/mol. The SMILES string of the molecule is c1ccc(N(c2ccc3oc4ccccc4c3c2)c2ccc3oc4cc5ccccc5cc4c3c2)cc1. The fraction of sp³-hybridized carbons (Fsp3) is 0. The van der Waals surface area contributed by atoms with Gasteiger partial charge >= 0.3 is 0 Å². The van der Waals surface area contributed by atoms with Gasteiger partial charge in [-0.25, -0.2) is 0 Å². The van der Waals surface area contributed by atoms with E-state index in [1.54, 1.807) is 0 Å². The summed E-state index contributed by atoms with van der Waals surface area (Å²) in [6, 6.07) is 44.3. The lowest BCUT2D eigenvalue weighted by atomic mass is 10.1. The largest absolute Gasteiger partial charge is 0.456 e. The van der Waals surface area contributed by atoms with Crippen molar-refractivity contribution in [3.05, 3.63) is 127 Å². The minimum Gasteiger partial charge on any atom is -0.456 e. The lowest BCUT2D eigenvalue weighted by Crippen LogP contribution is -2.09. The zero-order valence-electron chi connectivity index (χ0n) is 19.9. The molecule has 0 saturated carbocycles. The van der Waals surface area contributed by atoms with Crippen molar-refractivity contribution in [2.75, 3.05) is 4.90 Å². The van der Waals surface area contributed by atoms with Crippen molar-refractivity contribution < 1.29 is 8.83 Å². The Bertz CT molecular complexity index is 2100. The van der Waals surface area contributed by atoms with E-state index in [-0.39, 0.29) is 0 Å². The molecule has 0 aliphatic carbocycles. The molecule has 174 valence electrons. The van der Waals surface area contributed by atoms with Gasteiger partial charge in [-0.05, 0) is 77.5 Å². The van der Waals surface area contributed by atoms with Crippen LogP contribution in [-0.4, -0.2) is 0 Å². The molecule has 0 bridgehead atoms. The molecule has 0 radical (unpaired) electrons. The highest BCUT2D eigenvalue weighted by molar-refractivity contribution is 6.11. The number of benzene rings is 6. The molecule has 0 aliphatic rings. The molecule has 0 atom stereocenters. The van der Waals surface area contributed by atoms with Crippen molar-refractivity contribution in [3.63, 3.8) is 0 Å². The second-order valence-electron chi connectivity index (χ2n) is 9.43. The van der Waals surface area contributed by atoms with Gasteiger partial charge < -0.3 is 13.7 Å². The fourth-order valence-electron chi connectivity index (χ4n) is 5.47. The second-order valence-corrected chi connectivity index (χ2v) is 9.43. The Kier molecular flexibility index (Phi) is 4.23. The Balaban J connectivity index is 1.37. The molecular formula is C34H21NO2. The standard InChI is InChI=1S/C34H21NO2/c1-2-10-24(11-3-1)35(25-14-16-32-29(20-25)27-12-6-7-13-31(27)36-32)26-15-17-33-30(21-26)28-18-22-8-4-5-9-23(22)19-34(28)37-33/h1-21H. The first-order valence-corrected chi connectivity index (χ1v) is 12.4. The van der Waals surface area contributed by atoms with E-state index in [2.05, 4.69) is 114 Å². The molecule has 3 nitrogen and oxygen atoms in total. The van der Waals surface area contributed by atoms with Gasteiger partial charge in [0, 0.05) is 38.6 Å². The van der Waals surface area contributed by atoms with E-state index >= 15 is 0 Å². The molecular weight excluding hydrogens is 454 g/mol. The first kappa shape index (κ1) is 20.2. The van der Waals surface area contributed by atoms with Crippen molar-refractivity contribution in [3.8, 4) is 0 Å². The molecule has 2 aromatic heterocycles. The maximum absolute atomic E-state index is 6.27. The number of hydrogen-bond acceptors (Lipinski definition) is 3. The third-order valence-corrected chi connectivity index (χ3v) is 7.21. The Morgan fingerprint density at radius 1 is 0.351 bits per heavy atom. The van der Waals surface area contributed by atoms with E-state index in [9.17, 15) is 0 Å². The van der Waals surface area contributed by atoms with Crippen molar-refractivity contribution in [1.82, 2.24) is 0 Å².